The van der Waals surface area contributed by atoms with Gasteiger partial charge in [0.15, 0.2) is 0 Å². The van der Waals surface area contributed by atoms with Gasteiger partial charge in [-0.1, -0.05) is 26.2 Å². The first-order valence-electron chi connectivity index (χ1n) is 8.40. The van der Waals surface area contributed by atoms with Gasteiger partial charge in [-0.15, -0.1) is 0 Å². The molecule has 2 aliphatic rings. The number of piperidine rings is 1. The molecule has 0 aromatic carbocycles. The standard InChI is InChI=1S/C16H31N3O/c1-14-7-6-11-19(13-14)12-10-17-16(20)18(2)15-8-4-3-5-9-15/h14-15H,3-13H2,1-2H3,(H,17,20). The molecule has 116 valence electrons. The lowest BCUT2D eigenvalue weighted by molar-refractivity contribution is 0.164. The van der Waals surface area contributed by atoms with Crippen LogP contribution in [-0.2, 0) is 0 Å². The first kappa shape index (κ1) is 15.6. The van der Waals surface area contributed by atoms with Gasteiger partial charge in [0.05, 0.1) is 0 Å². The van der Waals surface area contributed by atoms with Crippen LogP contribution in [0.1, 0.15) is 51.9 Å². The molecular weight excluding hydrogens is 250 g/mol. The normalized spacial score (nSPS) is 25.4. The molecule has 1 N–H and O–H groups in total. The molecule has 20 heavy (non-hydrogen) atoms. The summed E-state index contributed by atoms with van der Waals surface area (Å²) in [5.41, 5.74) is 0. The van der Waals surface area contributed by atoms with Gasteiger partial charge in [-0.2, -0.15) is 0 Å². The van der Waals surface area contributed by atoms with Gasteiger partial charge < -0.3 is 15.1 Å². The lowest BCUT2D eigenvalue weighted by Crippen LogP contribution is -2.47. The minimum Gasteiger partial charge on any atom is -0.337 e. The van der Waals surface area contributed by atoms with E-state index in [9.17, 15) is 4.79 Å². The summed E-state index contributed by atoms with van der Waals surface area (Å²) < 4.78 is 0. The highest BCUT2D eigenvalue weighted by Gasteiger charge is 2.22. The molecule has 2 fully saturated rings. The quantitative estimate of drug-likeness (QED) is 0.860. The van der Waals surface area contributed by atoms with Crippen molar-refractivity contribution in [1.82, 2.24) is 15.1 Å². The Morgan fingerprint density at radius 3 is 2.65 bits per heavy atom. The zero-order chi connectivity index (χ0) is 14.4. The van der Waals surface area contributed by atoms with E-state index < -0.39 is 0 Å². The molecule has 0 bridgehead atoms. The lowest BCUT2D eigenvalue weighted by Gasteiger charge is -2.33. The summed E-state index contributed by atoms with van der Waals surface area (Å²) >= 11 is 0. The van der Waals surface area contributed by atoms with Gasteiger partial charge in [-0.05, 0) is 38.1 Å². The van der Waals surface area contributed by atoms with Crippen molar-refractivity contribution < 1.29 is 4.79 Å². The van der Waals surface area contributed by atoms with Crippen LogP contribution < -0.4 is 5.32 Å². The summed E-state index contributed by atoms with van der Waals surface area (Å²) in [5, 5.41) is 3.09. The highest BCUT2D eigenvalue weighted by Crippen LogP contribution is 2.21. The highest BCUT2D eigenvalue weighted by molar-refractivity contribution is 5.74. The monoisotopic (exact) mass is 281 g/mol. The predicted molar refractivity (Wildman–Crippen MR) is 82.9 cm³/mol. The molecule has 1 saturated carbocycles. The SMILES string of the molecule is CC1CCCN(CCNC(=O)N(C)C2CCCCC2)C1. The molecule has 0 aromatic heterocycles. The average Bonchev–Trinajstić information content (AvgIpc) is 2.47. The van der Waals surface area contributed by atoms with Gasteiger partial charge in [0.1, 0.15) is 0 Å². The number of amides is 2. The summed E-state index contributed by atoms with van der Waals surface area (Å²) in [4.78, 5) is 16.6. The molecular formula is C16H31N3O. The molecule has 4 nitrogen and oxygen atoms in total. The Morgan fingerprint density at radius 1 is 1.20 bits per heavy atom. The number of carbonyl (C=O) groups is 1. The molecule has 1 heterocycles. The number of hydrogen-bond donors (Lipinski definition) is 1. The van der Waals surface area contributed by atoms with Crippen LogP contribution in [0.15, 0.2) is 0 Å². The van der Waals surface area contributed by atoms with Crippen LogP contribution in [0.3, 0.4) is 0 Å². The molecule has 4 heteroatoms. The molecule has 1 atom stereocenters. The van der Waals surface area contributed by atoms with E-state index in [2.05, 4.69) is 17.1 Å². The first-order valence-corrected chi connectivity index (χ1v) is 8.40. The number of nitrogens with one attached hydrogen (secondary N) is 1. The van der Waals surface area contributed by atoms with E-state index >= 15 is 0 Å². The maximum absolute atomic E-state index is 12.1. The Kier molecular flexibility index (Phi) is 6.14. The largest absolute Gasteiger partial charge is 0.337 e. The Bertz CT molecular complexity index is 302. The molecule has 2 rings (SSSR count). The van der Waals surface area contributed by atoms with Gasteiger partial charge in [0, 0.05) is 32.7 Å². The van der Waals surface area contributed by atoms with E-state index in [0.29, 0.717) is 6.04 Å². The molecule has 1 aliphatic heterocycles. The molecule has 0 aromatic rings. The van der Waals surface area contributed by atoms with E-state index in [1.807, 2.05) is 11.9 Å². The van der Waals surface area contributed by atoms with Crippen molar-refractivity contribution in [3.05, 3.63) is 0 Å². The van der Waals surface area contributed by atoms with Gasteiger partial charge >= 0.3 is 6.03 Å². The van der Waals surface area contributed by atoms with Crippen molar-refractivity contribution in [2.24, 2.45) is 5.92 Å². The Morgan fingerprint density at radius 2 is 1.95 bits per heavy atom. The van der Waals surface area contributed by atoms with Gasteiger partial charge in [-0.25, -0.2) is 4.79 Å². The van der Waals surface area contributed by atoms with Crippen molar-refractivity contribution in [3.63, 3.8) is 0 Å². The average molecular weight is 281 g/mol. The van der Waals surface area contributed by atoms with Crippen LogP contribution in [0.5, 0.6) is 0 Å². The summed E-state index contributed by atoms with van der Waals surface area (Å²) in [6, 6.07) is 0.570. The van der Waals surface area contributed by atoms with Crippen LogP contribution in [0, 0.1) is 5.92 Å². The van der Waals surface area contributed by atoms with E-state index in [1.165, 1.54) is 58.0 Å². The van der Waals surface area contributed by atoms with Crippen molar-refractivity contribution >= 4 is 6.03 Å². The number of nitrogens with zero attached hydrogens (tertiary/aromatic N) is 2. The topological polar surface area (TPSA) is 35.6 Å². The molecule has 1 saturated heterocycles. The van der Waals surface area contributed by atoms with Crippen molar-refractivity contribution in [2.75, 3.05) is 33.2 Å². The second-order valence-electron chi connectivity index (χ2n) is 6.68. The van der Waals surface area contributed by atoms with Crippen LogP contribution in [-0.4, -0.2) is 55.1 Å². The lowest BCUT2D eigenvalue weighted by atomic mass is 9.95. The van der Waals surface area contributed by atoms with E-state index in [-0.39, 0.29) is 6.03 Å². The van der Waals surface area contributed by atoms with E-state index in [0.717, 1.165) is 19.0 Å². The Labute approximate surface area is 123 Å². The zero-order valence-corrected chi connectivity index (χ0v) is 13.2. The fourth-order valence-corrected chi connectivity index (χ4v) is 3.57. The fourth-order valence-electron chi connectivity index (χ4n) is 3.57. The maximum atomic E-state index is 12.1. The Balaban J connectivity index is 1.63. The summed E-state index contributed by atoms with van der Waals surface area (Å²) in [6.07, 6.45) is 8.88. The fraction of sp³-hybridized carbons (Fsp3) is 0.938. The number of carbonyl (C=O) groups excluding carboxylic acids is 1. The molecule has 1 unspecified atom stereocenters. The third-order valence-corrected chi connectivity index (χ3v) is 4.89. The minimum absolute atomic E-state index is 0.113. The number of rotatable bonds is 4. The summed E-state index contributed by atoms with van der Waals surface area (Å²) in [7, 11) is 1.95. The maximum Gasteiger partial charge on any atom is 0.317 e. The molecule has 0 radical (unpaired) electrons. The molecule has 0 spiro atoms. The van der Waals surface area contributed by atoms with Crippen molar-refractivity contribution in [2.45, 2.75) is 57.9 Å². The minimum atomic E-state index is 0.113. The van der Waals surface area contributed by atoms with Crippen LogP contribution in [0.4, 0.5) is 4.79 Å². The zero-order valence-electron chi connectivity index (χ0n) is 13.2. The number of urea groups is 1. The van der Waals surface area contributed by atoms with Crippen molar-refractivity contribution in [3.8, 4) is 0 Å². The van der Waals surface area contributed by atoms with Crippen LogP contribution in [0.2, 0.25) is 0 Å². The van der Waals surface area contributed by atoms with E-state index in [4.69, 9.17) is 0 Å². The smallest absolute Gasteiger partial charge is 0.317 e. The van der Waals surface area contributed by atoms with Gasteiger partial charge in [0.25, 0.3) is 0 Å². The number of likely N-dealkylation sites (tertiary alicyclic amines) is 1. The second kappa shape index (κ2) is 7.87. The van der Waals surface area contributed by atoms with Gasteiger partial charge in [-0.3, -0.25) is 0 Å². The Hall–Kier alpha value is -0.770. The molecule has 1 aliphatic carbocycles. The first-order chi connectivity index (χ1) is 9.66. The summed E-state index contributed by atoms with van der Waals surface area (Å²) in [6.45, 7) is 6.48. The predicted octanol–water partition coefficient (Wildman–Crippen LogP) is 2.69. The third kappa shape index (κ3) is 4.65. The number of hydrogen-bond acceptors (Lipinski definition) is 2. The molecule has 2 amide bonds. The highest BCUT2D eigenvalue weighted by atomic mass is 16.2. The second-order valence-corrected chi connectivity index (χ2v) is 6.68. The van der Waals surface area contributed by atoms with Crippen LogP contribution in [0.25, 0.3) is 0 Å². The third-order valence-electron chi connectivity index (χ3n) is 4.89. The van der Waals surface area contributed by atoms with Gasteiger partial charge in [0.2, 0.25) is 0 Å². The van der Waals surface area contributed by atoms with E-state index in [1.54, 1.807) is 0 Å². The van der Waals surface area contributed by atoms with Crippen molar-refractivity contribution in [1.29, 1.82) is 0 Å². The summed E-state index contributed by atoms with van der Waals surface area (Å²) in [5.74, 6) is 0.810. The van der Waals surface area contributed by atoms with Crippen LogP contribution >= 0.6 is 0 Å².